The number of carbonyl (C=O) groups is 1. The summed E-state index contributed by atoms with van der Waals surface area (Å²) in [5.74, 6) is -0.0256. The number of aryl methyl sites for hydroxylation is 1. The van der Waals surface area contributed by atoms with Gasteiger partial charge in [0.15, 0.2) is 0 Å². The molecule has 1 amide bonds. The summed E-state index contributed by atoms with van der Waals surface area (Å²) in [6, 6.07) is 12.5. The number of nitrogens with zero attached hydrogens (tertiary/aromatic N) is 1. The number of rotatable bonds is 5. The van der Waals surface area contributed by atoms with Crippen LogP contribution in [0.3, 0.4) is 0 Å². The summed E-state index contributed by atoms with van der Waals surface area (Å²) >= 11 is 0. The van der Waals surface area contributed by atoms with Crippen LogP contribution >= 0.6 is 0 Å². The molecule has 0 aromatic heterocycles. The fourth-order valence-electron chi connectivity index (χ4n) is 3.86. The smallest absolute Gasteiger partial charge is 0.261 e. The highest BCUT2D eigenvalue weighted by molar-refractivity contribution is 7.92. The zero-order valence-electron chi connectivity index (χ0n) is 15.8. The molecule has 28 heavy (non-hydrogen) atoms. The Balaban J connectivity index is 1.53. The number of sulfonamides is 1. The van der Waals surface area contributed by atoms with Gasteiger partial charge in [-0.15, -0.1) is 0 Å². The number of nitrogens with one attached hydrogen (secondary N) is 2. The van der Waals surface area contributed by atoms with Crippen LogP contribution in [0.2, 0.25) is 0 Å². The quantitative estimate of drug-likeness (QED) is 0.808. The second-order valence-corrected chi connectivity index (χ2v) is 9.19. The van der Waals surface area contributed by atoms with Crippen LogP contribution in [0.5, 0.6) is 0 Å². The van der Waals surface area contributed by atoms with Gasteiger partial charge in [-0.25, -0.2) is 8.42 Å². The van der Waals surface area contributed by atoms with Crippen molar-refractivity contribution in [2.45, 2.75) is 43.5 Å². The maximum absolute atomic E-state index is 12.9. The molecule has 0 spiro atoms. The number of hydrogen-bond acceptors (Lipinski definition) is 4. The van der Waals surface area contributed by atoms with Crippen molar-refractivity contribution in [2.75, 3.05) is 23.1 Å². The van der Waals surface area contributed by atoms with Gasteiger partial charge in [-0.1, -0.05) is 12.1 Å². The molecule has 2 heterocycles. The van der Waals surface area contributed by atoms with Crippen LogP contribution in [0.15, 0.2) is 47.4 Å². The molecule has 0 aliphatic carbocycles. The summed E-state index contributed by atoms with van der Waals surface area (Å²) in [7, 11) is -3.69. The fourth-order valence-corrected chi connectivity index (χ4v) is 4.96. The Hall–Kier alpha value is -2.38. The Bertz CT molecular complexity index is 982. The van der Waals surface area contributed by atoms with Crippen molar-refractivity contribution in [2.24, 2.45) is 0 Å². The van der Waals surface area contributed by atoms with Gasteiger partial charge in [-0.2, -0.15) is 0 Å². The number of hydrogen-bond donors (Lipinski definition) is 2. The molecule has 0 unspecified atom stereocenters. The van der Waals surface area contributed by atoms with Crippen LogP contribution in [0.25, 0.3) is 0 Å². The summed E-state index contributed by atoms with van der Waals surface area (Å²) in [4.78, 5) is 14.3. The van der Waals surface area contributed by atoms with Gasteiger partial charge in [-0.05, 0) is 80.2 Å². The largest absolute Gasteiger partial charge is 0.326 e. The van der Waals surface area contributed by atoms with Crippen molar-refractivity contribution < 1.29 is 13.2 Å². The molecular formula is C21H25N3O3S. The van der Waals surface area contributed by atoms with Crippen molar-refractivity contribution in [3.8, 4) is 0 Å². The minimum Gasteiger partial charge on any atom is -0.326 e. The van der Waals surface area contributed by atoms with E-state index in [1.807, 2.05) is 18.2 Å². The Morgan fingerprint density at radius 3 is 2.64 bits per heavy atom. The molecule has 0 radical (unpaired) electrons. The SMILES string of the molecule is O=C1CCCc2cc(S(=O)(=O)Nc3cccc(CN4CCCC4)c3)ccc2N1. The highest BCUT2D eigenvalue weighted by Gasteiger charge is 2.19. The molecule has 2 aliphatic heterocycles. The number of anilines is 2. The topological polar surface area (TPSA) is 78.5 Å². The first-order chi connectivity index (χ1) is 13.5. The van der Waals surface area contributed by atoms with E-state index in [4.69, 9.17) is 0 Å². The molecular weight excluding hydrogens is 374 g/mol. The summed E-state index contributed by atoms with van der Waals surface area (Å²) in [5.41, 5.74) is 3.23. The molecule has 0 atom stereocenters. The van der Waals surface area contributed by atoms with Crippen LogP contribution in [0.4, 0.5) is 11.4 Å². The van der Waals surface area contributed by atoms with Gasteiger partial charge in [0.05, 0.1) is 4.90 Å². The average molecular weight is 400 g/mol. The van der Waals surface area contributed by atoms with E-state index in [2.05, 4.69) is 14.9 Å². The lowest BCUT2D eigenvalue weighted by Gasteiger charge is -2.16. The van der Waals surface area contributed by atoms with E-state index in [1.165, 1.54) is 12.8 Å². The summed E-state index contributed by atoms with van der Waals surface area (Å²) in [5, 5.41) is 2.83. The zero-order chi connectivity index (χ0) is 19.6. The first-order valence-electron chi connectivity index (χ1n) is 9.76. The Morgan fingerprint density at radius 2 is 1.82 bits per heavy atom. The monoisotopic (exact) mass is 399 g/mol. The minimum absolute atomic E-state index is 0.0256. The van der Waals surface area contributed by atoms with Crippen molar-refractivity contribution in [1.29, 1.82) is 0 Å². The molecule has 7 heteroatoms. The van der Waals surface area contributed by atoms with Crippen LogP contribution in [0.1, 0.15) is 36.8 Å². The number of amides is 1. The minimum atomic E-state index is -3.69. The predicted molar refractivity (Wildman–Crippen MR) is 110 cm³/mol. The van der Waals surface area contributed by atoms with E-state index in [1.54, 1.807) is 24.3 Å². The normalized spacial score (nSPS) is 17.6. The van der Waals surface area contributed by atoms with Crippen molar-refractivity contribution in [3.05, 3.63) is 53.6 Å². The van der Waals surface area contributed by atoms with Gasteiger partial charge < -0.3 is 5.32 Å². The van der Waals surface area contributed by atoms with Crippen molar-refractivity contribution in [1.82, 2.24) is 4.90 Å². The van der Waals surface area contributed by atoms with E-state index in [0.29, 0.717) is 30.6 Å². The Kier molecular flexibility index (Phi) is 5.37. The van der Waals surface area contributed by atoms with Gasteiger partial charge in [0.25, 0.3) is 10.0 Å². The molecule has 6 nitrogen and oxygen atoms in total. The molecule has 4 rings (SSSR count). The molecule has 2 aromatic carbocycles. The molecule has 1 saturated heterocycles. The van der Waals surface area contributed by atoms with Crippen LogP contribution < -0.4 is 10.0 Å². The molecule has 2 aromatic rings. The third kappa shape index (κ3) is 4.36. The Labute approximate surface area is 166 Å². The summed E-state index contributed by atoms with van der Waals surface area (Å²) in [6.07, 6.45) is 4.31. The fraction of sp³-hybridized carbons (Fsp3) is 0.381. The maximum atomic E-state index is 12.9. The third-order valence-corrected chi connectivity index (χ3v) is 6.67. The molecule has 0 bridgehead atoms. The number of fused-ring (bicyclic) bond motifs is 1. The van der Waals surface area contributed by atoms with Gasteiger partial charge in [0.2, 0.25) is 5.91 Å². The first-order valence-corrected chi connectivity index (χ1v) is 11.2. The molecule has 2 aliphatic rings. The maximum Gasteiger partial charge on any atom is 0.261 e. The van der Waals surface area contributed by atoms with E-state index in [9.17, 15) is 13.2 Å². The summed E-state index contributed by atoms with van der Waals surface area (Å²) < 4.78 is 28.5. The van der Waals surface area contributed by atoms with Crippen LogP contribution in [-0.4, -0.2) is 32.3 Å². The van der Waals surface area contributed by atoms with E-state index < -0.39 is 10.0 Å². The Morgan fingerprint density at radius 1 is 1.00 bits per heavy atom. The lowest BCUT2D eigenvalue weighted by Crippen LogP contribution is -2.18. The average Bonchev–Trinajstić information content (AvgIpc) is 3.08. The highest BCUT2D eigenvalue weighted by Crippen LogP contribution is 2.26. The van der Waals surface area contributed by atoms with Gasteiger partial charge in [0, 0.05) is 24.3 Å². The highest BCUT2D eigenvalue weighted by atomic mass is 32.2. The molecule has 148 valence electrons. The standard InChI is InChI=1S/C21H25N3O3S/c25-21-8-4-6-17-14-19(9-10-20(17)22-21)28(26,27)23-18-7-3-5-16(13-18)15-24-11-1-2-12-24/h3,5,7,9-10,13-14,23H,1-2,4,6,8,11-12,15H2,(H,22,25). The van der Waals surface area contributed by atoms with Crippen LogP contribution in [-0.2, 0) is 27.8 Å². The number of likely N-dealkylation sites (tertiary alicyclic amines) is 1. The van der Waals surface area contributed by atoms with Crippen LogP contribution in [0, 0.1) is 0 Å². The second kappa shape index (κ2) is 7.93. The molecule has 0 saturated carbocycles. The lowest BCUT2D eigenvalue weighted by atomic mass is 10.1. The second-order valence-electron chi connectivity index (χ2n) is 7.51. The van der Waals surface area contributed by atoms with Crippen molar-refractivity contribution >= 4 is 27.3 Å². The molecule has 2 N–H and O–H groups in total. The zero-order valence-corrected chi connectivity index (χ0v) is 16.6. The van der Waals surface area contributed by atoms with E-state index >= 15 is 0 Å². The van der Waals surface area contributed by atoms with E-state index in [-0.39, 0.29) is 10.8 Å². The van der Waals surface area contributed by atoms with Crippen molar-refractivity contribution in [3.63, 3.8) is 0 Å². The number of benzene rings is 2. The third-order valence-electron chi connectivity index (χ3n) is 5.30. The van der Waals surface area contributed by atoms with Gasteiger partial charge in [-0.3, -0.25) is 14.4 Å². The first kappa shape index (κ1) is 19.0. The molecule has 1 fully saturated rings. The van der Waals surface area contributed by atoms with Gasteiger partial charge in [0.1, 0.15) is 0 Å². The number of carbonyl (C=O) groups excluding carboxylic acids is 1. The van der Waals surface area contributed by atoms with Gasteiger partial charge >= 0.3 is 0 Å². The summed E-state index contributed by atoms with van der Waals surface area (Å²) in [6.45, 7) is 3.04. The predicted octanol–water partition coefficient (Wildman–Crippen LogP) is 3.36. The lowest BCUT2D eigenvalue weighted by molar-refractivity contribution is -0.116. The van der Waals surface area contributed by atoms with E-state index in [0.717, 1.165) is 30.8 Å².